The van der Waals surface area contributed by atoms with Gasteiger partial charge < -0.3 is 29.5 Å². The van der Waals surface area contributed by atoms with E-state index in [9.17, 15) is 29.6 Å². The lowest BCUT2D eigenvalue weighted by Crippen LogP contribution is -2.26. The Kier molecular flexibility index (Phi) is 7.45. The summed E-state index contributed by atoms with van der Waals surface area (Å²) in [7, 11) is -7.21. The van der Waals surface area contributed by atoms with E-state index < -0.39 is 14.7 Å². The minimum atomic E-state index is -3.65. The van der Waals surface area contributed by atoms with Gasteiger partial charge in [0.15, 0.2) is 0 Å². The molecule has 2 atom stereocenters. The van der Waals surface area contributed by atoms with E-state index in [4.69, 9.17) is 9.05 Å². The van der Waals surface area contributed by atoms with Crippen molar-refractivity contribution in [2.24, 2.45) is 0 Å². The Morgan fingerprint density at radius 1 is 0.420 bits per heavy atom. The summed E-state index contributed by atoms with van der Waals surface area (Å²) < 4.78 is 39.9. The highest BCUT2D eigenvalue weighted by Crippen LogP contribution is 2.57. The Balaban J connectivity index is 0.000000146. The van der Waals surface area contributed by atoms with Gasteiger partial charge in [-0.15, -0.1) is 0 Å². The predicted octanol–water partition coefficient (Wildman–Crippen LogP) is 7.93. The molecule has 0 saturated carbocycles. The number of hydrogen-bond donors (Lipinski definition) is 4. The van der Waals surface area contributed by atoms with Crippen LogP contribution in [0.4, 0.5) is 0 Å². The van der Waals surface area contributed by atoms with Crippen LogP contribution in [-0.4, -0.2) is 20.4 Å². The maximum Gasteiger partial charge on any atom is 0.311 e. The molecule has 246 valence electrons. The molecular weight excluding hydrogens is 670 g/mol. The first kappa shape index (κ1) is 31.3. The van der Waals surface area contributed by atoms with Gasteiger partial charge in [-0.3, -0.25) is 9.13 Å². The van der Waals surface area contributed by atoms with E-state index >= 15 is 0 Å². The van der Waals surface area contributed by atoms with E-state index in [1.54, 1.807) is 54.6 Å². The quantitative estimate of drug-likeness (QED) is 0.106. The molecule has 50 heavy (non-hydrogen) atoms. The van der Waals surface area contributed by atoms with E-state index in [1.807, 2.05) is 60.7 Å². The molecule has 7 aromatic rings. The summed E-state index contributed by atoms with van der Waals surface area (Å²) in [6.45, 7) is 0. The lowest BCUT2D eigenvalue weighted by Gasteiger charge is -2.29. The van der Waals surface area contributed by atoms with Crippen molar-refractivity contribution in [3.8, 4) is 56.8 Å². The van der Waals surface area contributed by atoms with Crippen LogP contribution in [0.15, 0.2) is 146 Å². The van der Waals surface area contributed by atoms with Crippen molar-refractivity contribution in [2.75, 3.05) is 0 Å². The van der Waals surface area contributed by atoms with Crippen LogP contribution < -0.4 is 30.3 Å². The number of para-hydroxylation sites is 2. The predicted molar refractivity (Wildman–Crippen MR) is 196 cm³/mol. The summed E-state index contributed by atoms with van der Waals surface area (Å²) in [4.78, 5) is 0. The molecule has 0 spiro atoms. The molecule has 0 radical (unpaired) electrons. The van der Waals surface area contributed by atoms with Crippen LogP contribution >= 0.6 is 14.7 Å². The van der Waals surface area contributed by atoms with E-state index in [0.717, 1.165) is 27.6 Å². The summed E-state index contributed by atoms with van der Waals surface area (Å²) >= 11 is 0. The maximum atomic E-state index is 14.3. The van der Waals surface area contributed by atoms with Gasteiger partial charge in [-0.1, -0.05) is 84.9 Å². The number of rotatable bonds is 2. The molecule has 4 N–H and O–H groups in total. The van der Waals surface area contributed by atoms with E-state index in [-0.39, 0.29) is 33.6 Å². The number of phenolic OH excluding ortho intramolecular Hbond substituents is 4. The number of hydrogen-bond acceptors (Lipinski definition) is 8. The normalized spacial score (nSPS) is 18.2. The monoisotopic (exact) mass is 698 g/mol. The van der Waals surface area contributed by atoms with Crippen molar-refractivity contribution < 1.29 is 38.6 Å². The van der Waals surface area contributed by atoms with Gasteiger partial charge in [-0.25, -0.2) is 0 Å². The second-order valence-corrected chi connectivity index (χ2v) is 16.3. The Morgan fingerprint density at radius 2 is 0.880 bits per heavy atom. The summed E-state index contributed by atoms with van der Waals surface area (Å²) in [6, 6.07) is 41.4. The van der Waals surface area contributed by atoms with Crippen LogP contribution in [0, 0.1) is 0 Å². The standard InChI is InChI=1S/C22H15O4P.C18H13O4P/c23-15-11-9-14-10-12-19(24)22(18(14)13-15)27(25)21-8-4-2-6-17(21)16-5-1-3-7-20(16)26-27;19-12-9-10-15(20)18(11-12)23(21)17-8-4-2-6-14(17)13-5-1-3-7-16(13)22-23/h1-13,23-24H;1-11,19-20H. The van der Waals surface area contributed by atoms with Crippen LogP contribution in [0.25, 0.3) is 33.0 Å². The van der Waals surface area contributed by atoms with Crippen molar-refractivity contribution in [3.63, 3.8) is 0 Å². The first-order valence-corrected chi connectivity index (χ1v) is 18.9. The van der Waals surface area contributed by atoms with Gasteiger partial charge >= 0.3 is 14.7 Å². The molecule has 0 bridgehead atoms. The van der Waals surface area contributed by atoms with Crippen molar-refractivity contribution in [3.05, 3.63) is 146 Å². The molecule has 2 heterocycles. The zero-order chi connectivity index (χ0) is 34.6. The lowest BCUT2D eigenvalue weighted by atomic mass is 10.0. The Morgan fingerprint density at radius 3 is 1.52 bits per heavy atom. The number of phenols is 4. The third kappa shape index (κ3) is 5.00. The van der Waals surface area contributed by atoms with E-state index in [0.29, 0.717) is 27.5 Å². The second kappa shape index (κ2) is 11.9. The molecule has 7 aromatic carbocycles. The van der Waals surface area contributed by atoms with Gasteiger partial charge in [-0.05, 0) is 77.2 Å². The number of aromatic hydroxyl groups is 4. The molecule has 2 aliphatic rings. The number of benzene rings is 7. The second-order valence-electron chi connectivity index (χ2n) is 11.8. The van der Waals surface area contributed by atoms with Crippen LogP contribution in [0.2, 0.25) is 0 Å². The summed E-state index contributed by atoms with van der Waals surface area (Å²) in [5, 5.41) is 43.1. The van der Waals surface area contributed by atoms with Gasteiger partial charge in [-0.2, -0.15) is 0 Å². The molecule has 2 unspecified atom stereocenters. The molecule has 0 aromatic heterocycles. The van der Waals surface area contributed by atoms with E-state index in [2.05, 4.69) is 0 Å². The Bertz CT molecular complexity index is 2580. The third-order valence-corrected chi connectivity index (χ3v) is 13.8. The Hall–Kier alpha value is -5.94. The minimum absolute atomic E-state index is 0.0339. The van der Waals surface area contributed by atoms with Gasteiger partial charge in [0.25, 0.3) is 0 Å². The highest BCUT2D eigenvalue weighted by Gasteiger charge is 2.41. The molecular formula is C40H28O8P2. The van der Waals surface area contributed by atoms with Crippen LogP contribution in [0.5, 0.6) is 34.5 Å². The molecule has 0 saturated heterocycles. The molecule has 0 aliphatic carbocycles. The smallest absolute Gasteiger partial charge is 0.311 e. The van der Waals surface area contributed by atoms with Gasteiger partial charge in [0, 0.05) is 16.5 Å². The summed E-state index contributed by atoms with van der Waals surface area (Å²) in [5.74, 6) is 0.680. The minimum Gasteiger partial charge on any atom is -0.508 e. The SMILES string of the molecule is O=P1(c2c(O)ccc3ccc(O)cc23)Oc2ccccc2-c2ccccc21.O=P1(c2cc(O)ccc2O)Oc2ccccc2-c2ccccc21. The van der Waals surface area contributed by atoms with E-state index in [1.165, 1.54) is 30.3 Å². The van der Waals surface area contributed by atoms with Crippen LogP contribution in [-0.2, 0) is 9.13 Å². The average molecular weight is 699 g/mol. The first-order chi connectivity index (χ1) is 24.2. The fourth-order valence-electron chi connectivity index (χ4n) is 6.51. The molecule has 9 rings (SSSR count). The molecule has 10 heteroatoms. The maximum absolute atomic E-state index is 14.3. The Labute approximate surface area is 287 Å². The first-order valence-electron chi connectivity index (χ1n) is 15.6. The summed E-state index contributed by atoms with van der Waals surface area (Å²) in [6.07, 6.45) is 0. The molecule has 2 aliphatic heterocycles. The van der Waals surface area contributed by atoms with Gasteiger partial charge in [0.1, 0.15) is 39.8 Å². The fraction of sp³-hybridized carbons (Fsp3) is 0. The fourth-order valence-corrected chi connectivity index (χ4v) is 11.4. The topological polar surface area (TPSA) is 134 Å². The van der Waals surface area contributed by atoms with Crippen molar-refractivity contribution in [1.82, 2.24) is 0 Å². The highest BCUT2D eigenvalue weighted by molar-refractivity contribution is 7.76. The van der Waals surface area contributed by atoms with Gasteiger partial charge in [0.2, 0.25) is 0 Å². The zero-order valence-electron chi connectivity index (χ0n) is 26.2. The van der Waals surface area contributed by atoms with Crippen LogP contribution in [0.1, 0.15) is 0 Å². The van der Waals surface area contributed by atoms with Crippen molar-refractivity contribution >= 4 is 46.7 Å². The van der Waals surface area contributed by atoms with Crippen LogP contribution in [0.3, 0.4) is 0 Å². The van der Waals surface area contributed by atoms with Gasteiger partial charge in [0.05, 0.1) is 15.9 Å². The molecule has 8 nitrogen and oxygen atoms in total. The average Bonchev–Trinajstić information content (AvgIpc) is 3.13. The lowest BCUT2D eigenvalue weighted by molar-refractivity contribution is 0.459. The molecule has 0 fully saturated rings. The highest BCUT2D eigenvalue weighted by atomic mass is 31.2. The zero-order valence-corrected chi connectivity index (χ0v) is 28.0. The number of fused-ring (bicyclic) bond motifs is 7. The molecule has 0 amide bonds. The third-order valence-electron chi connectivity index (χ3n) is 8.78. The summed E-state index contributed by atoms with van der Waals surface area (Å²) in [5.41, 5.74) is 3.34. The van der Waals surface area contributed by atoms with Crippen molar-refractivity contribution in [1.29, 1.82) is 0 Å². The van der Waals surface area contributed by atoms with Crippen molar-refractivity contribution in [2.45, 2.75) is 0 Å². The largest absolute Gasteiger partial charge is 0.508 e.